The molecule has 0 radical (unpaired) electrons. The second kappa shape index (κ2) is 14.3. The minimum Gasteiger partial charge on any atom is -1.00 e. The Morgan fingerprint density at radius 1 is 1.07 bits per heavy atom. The van der Waals surface area contributed by atoms with Crippen LogP contribution in [-0.4, -0.2) is 64.7 Å². The van der Waals surface area contributed by atoms with Crippen molar-refractivity contribution in [3.8, 4) is 0 Å². The number of aryl methyl sites for hydroxylation is 1. The van der Waals surface area contributed by atoms with Gasteiger partial charge in [-0.3, -0.25) is 4.79 Å². The molecular formula is C35H38CaClNO3S. The fourth-order valence-corrected chi connectivity index (χ4v) is 7.09. The van der Waals surface area contributed by atoms with E-state index in [4.69, 9.17) is 16.6 Å². The Morgan fingerprint density at radius 3 is 2.57 bits per heavy atom. The van der Waals surface area contributed by atoms with E-state index in [1.54, 1.807) is 0 Å². The van der Waals surface area contributed by atoms with Gasteiger partial charge >= 0.3 is 43.7 Å². The smallest absolute Gasteiger partial charge is 1.00 e. The van der Waals surface area contributed by atoms with E-state index in [1.165, 1.54) is 5.56 Å². The largest absolute Gasteiger partial charge is 2.00 e. The maximum atomic E-state index is 11.5. The summed E-state index contributed by atoms with van der Waals surface area (Å²) in [6.45, 7) is 3.66. The Kier molecular flexibility index (Phi) is 11.2. The molecule has 4 nitrogen and oxygen atoms in total. The molecule has 42 heavy (non-hydrogen) atoms. The van der Waals surface area contributed by atoms with E-state index >= 15 is 0 Å². The standard InChI is InChI=1S/C35H36ClNO3S.Ca.2H/c1-34(2,40)30-9-4-3-7-25(30)13-17-32(41-23-35(18-19-35)22-33(38)39)27-8-5-6-24(20-27)10-15-29-16-12-26-11-14-28(36)21-31(26)37-29;;;/h3-12,14-16,20-21,32,40H,13,17-19,22-23H2,1-2H3,(H,38,39);;;/q;+2;2*-1/b15-10+;;;. The molecule has 1 fully saturated rings. The van der Waals surface area contributed by atoms with Gasteiger partial charge in [0.05, 0.1) is 23.2 Å². The van der Waals surface area contributed by atoms with E-state index in [9.17, 15) is 15.0 Å². The van der Waals surface area contributed by atoms with Crippen molar-refractivity contribution in [2.24, 2.45) is 5.41 Å². The molecule has 1 heterocycles. The van der Waals surface area contributed by atoms with Crippen molar-refractivity contribution in [1.29, 1.82) is 0 Å². The van der Waals surface area contributed by atoms with Crippen molar-refractivity contribution < 1.29 is 17.9 Å². The van der Waals surface area contributed by atoms with Gasteiger partial charge in [-0.2, -0.15) is 11.8 Å². The minimum absolute atomic E-state index is 0. The van der Waals surface area contributed by atoms with Gasteiger partial charge in [0.25, 0.3) is 0 Å². The summed E-state index contributed by atoms with van der Waals surface area (Å²) in [7, 11) is 0. The van der Waals surface area contributed by atoms with E-state index in [2.05, 4.69) is 42.5 Å². The molecule has 1 aromatic heterocycles. The van der Waals surface area contributed by atoms with Crippen molar-refractivity contribution in [3.63, 3.8) is 0 Å². The third kappa shape index (κ3) is 8.84. The number of aliphatic carboxylic acids is 1. The van der Waals surface area contributed by atoms with Crippen molar-refractivity contribution >= 4 is 90.1 Å². The predicted molar refractivity (Wildman–Crippen MR) is 179 cm³/mol. The van der Waals surface area contributed by atoms with Crippen LogP contribution < -0.4 is 0 Å². The molecule has 0 aliphatic heterocycles. The number of thioether (sulfide) groups is 1. The summed E-state index contributed by atoms with van der Waals surface area (Å²) in [6, 6.07) is 26.5. The van der Waals surface area contributed by atoms with Gasteiger partial charge in [-0.25, -0.2) is 4.98 Å². The average Bonchev–Trinajstić information content (AvgIpc) is 3.70. The Labute approximate surface area is 290 Å². The van der Waals surface area contributed by atoms with E-state index < -0.39 is 11.6 Å². The predicted octanol–water partition coefficient (Wildman–Crippen LogP) is 8.79. The average molecular weight is 628 g/mol. The molecule has 0 amide bonds. The molecule has 3 aromatic carbocycles. The van der Waals surface area contributed by atoms with Crippen LogP contribution in [-0.2, 0) is 16.8 Å². The molecule has 0 bridgehead atoms. The van der Waals surface area contributed by atoms with Gasteiger partial charge in [-0.1, -0.05) is 78.3 Å². The molecule has 1 atom stereocenters. The van der Waals surface area contributed by atoms with Gasteiger partial charge in [0.2, 0.25) is 0 Å². The van der Waals surface area contributed by atoms with Crippen LogP contribution in [0.2, 0.25) is 5.02 Å². The number of fused-ring (bicyclic) bond motifs is 1. The van der Waals surface area contributed by atoms with Crippen LogP contribution in [0.4, 0.5) is 0 Å². The maximum Gasteiger partial charge on any atom is 2.00 e. The number of halogens is 1. The number of carboxylic acids is 1. The van der Waals surface area contributed by atoms with E-state index in [0.717, 1.165) is 64.7 Å². The van der Waals surface area contributed by atoms with Crippen LogP contribution in [0.5, 0.6) is 0 Å². The monoisotopic (exact) mass is 627 g/mol. The molecular weight excluding hydrogens is 590 g/mol. The Hall–Kier alpha value is -1.86. The first kappa shape index (κ1) is 33.0. The van der Waals surface area contributed by atoms with Gasteiger partial charge in [-0.05, 0) is 91.5 Å². The molecule has 1 aliphatic carbocycles. The zero-order valence-corrected chi connectivity index (χ0v) is 28.0. The third-order valence-electron chi connectivity index (χ3n) is 7.83. The Bertz CT molecular complexity index is 1590. The number of aliphatic hydroxyl groups is 1. The molecule has 7 heteroatoms. The molecule has 4 aromatic rings. The normalized spacial score (nSPS) is 15.0. The summed E-state index contributed by atoms with van der Waals surface area (Å²) >= 11 is 8.04. The van der Waals surface area contributed by atoms with Crippen molar-refractivity contribution in [2.75, 3.05) is 5.75 Å². The molecule has 216 valence electrons. The fraction of sp³-hybridized carbons (Fsp3) is 0.314. The van der Waals surface area contributed by atoms with Crippen LogP contribution in [0.1, 0.15) is 75.6 Å². The van der Waals surface area contributed by atoms with E-state index in [1.807, 2.05) is 74.1 Å². The molecule has 0 spiro atoms. The number of pyridine rings is 1. The topological polar surface area (TPSA) is 70.4 Å². The van der Waals surface area contributed by atoms with Crippen molar-refractivity contribution in [1.82, 2.24) is 4.98 Å². The summed E-state index contributed by atoms with van der Waals surface area (Å²) < 4.78 is 0. The van der Waals surface area contributed by atoms with Gasteiger partial charge in [0, 0.05) is 21.4 Å². The SMILES string of the molecule is CC(C)(O)c1ccccc1CCC(SCC1(CC(=O)O)CC1)c1cccc(/C=C/c2ccc3ccc(Cl)cc3n2)c1.[Ca+2].[H-].[H-]. The van der Waals surface area contributed by atoms with Crippen LogP contribution in [0.15, 0.2) is 78.9 Å². The molecule has 1 unspecified atom stereocenters. The van der Waals surface area contributed by atoms with Crippen molar-refractivity contribution in [3.05, 3.63) is 112 Å². The van der Waals surface area contributed by atoms with Crippen molar-refractivity contribution in [2.45, 2.75) is 56.8 Å². The summed E-state index contributed by atoms with van der Waals surface area (Å²) in [5, 5.41) is 22.1. The van der Waals surface area contributed by atoms with Gasteiger partial charge < -0.3 is 13.1 Å². The number of hydrogen-bond acceptors (Lipinski definition) is 4. The second-order valence-electron chi connectivity index (χ2n) is 11.7. The number of carbonyl (C=O) groups is 1. The molecule has 1 saturated carbocycles. The van der Waals surface area contributed by atoms with Crippen LogP contribution in [0.25, 0.3) is 23.1 Å². The number of carboxylic acid groups (broad SMARTS) is 1. The number of hydrogen-bond donors (Lipinski definition) is 2. The summed E-state index contributed by atoms with van der Waals surface area (Å²) in [5.41, 5.74) is 5.15. The van der Waals surface area contributed by atoms with Crippen LogP contribution in [0, 0.1) is 5.41 Å². The molecule has 1 aliphatic rings. The summed E-state index contributed by atoms with van der Waals surface area (Å²) in [4.78, 5) is 16.2. The van der Waals surface area contributed by atoms with Gasteiger partial charge in [0.1, 0.15) is 0 Å². The Morgan fingerprint density at radius 2 is 1.83 bits per heavy atom. The van der Waals surface area contributed by atoms with Crippen LogP contribution >= 0.6 is 23.4 Å². The van der Waals surface area contributed by atoms with Gasteiger partial charge in [-0.15, -0.1) is 0 Å². The second-order valence-corrected chi connectivity index (χ2v) is 13.3. The minimum atomic E-state index is -0.911. The first-order valence-corrected chi connectivity index (χ1v) is 15.5. The maximum absolute atomic E-state index is 11.5. The quantitative estimate of drug-likeness (QED) is 0.154. The number of benzene rings is 3. The third-order valence-corrected chi connectivity index (χ3v) is 9.76. The summed E-state index contributed by atoms with van der Waals surface area (Å²) in [5.74, 6) is 0.122. The summed E-state index contributed by atoms with van der Waals surface area (Å²) in [6.07, 6.45) is 8.02. The Balaban J connectivity index is 0.00000225. The van der Waals surface area contributed by atoms with Gasteiger partial charge in [0.15, 0.2) is 0 Å². The van der Waals surface area contributed by atoms with E-state index in [0.29, 0.717) is 5.02 Å². The van der Waals surface area contributed by atoms with E-state index in [-0.39, 0.29) is 57.7 Å². The molecule has 2 N–H and O–H groups in total. The fourth-order valence-electron chi connectivity index (χ4n) is 5.36. The number of rotatable bonds is 12. The first-order chi connectivity index (χ1) is 19.6. The molecule has 0 saturated heterocycles. The van der Waals surface area contributed by atoms with Crippen LogP contribution in [0.3, 0.4) is 0 Å². The number of nitrogens with zero attached hydrogens (tertiary/aromatic N) is 1. The number of aromatic nitrogens is 1. The zero-order chi connectivity index (χ0) is 29.0. The molecule has 5 rings (SSSR count). The first-order valence-electron chi connectivity index (χ1n) is 14.1. The zero-order valence-electron chi connectivity index (χ0n) is 26.2.